The van der Waals surface area contributed by atoms with E-state index in [4.69, 9.17) is 0 Å². The normalized spacial score (nSPS) is 34.0. The zero-order valence-electron chi connectivity index (χ0n) is 10.8. The van der Waals surface area contributed by atoms with Gasteiger partial charge in [-0.3, -0.25) is 0 Å². The maximum atomic E-state index is 3.84. The van der Waals surface area contributed by atoms with Crippen LogP contribution in [0.2, 0.25) is 0 Å². The molecule has 1 aliphatic rings. The first-order valence-electron chi connectivity index (χ1n) is 6.40. The van der Waals surface area contributed by atoms with Crippen molar-refractivity contribution in [3.8, 4) is 0 Å². The molecule has 2 heteroatoms. The van der Waals surface area contributed by atoms with Gasteiger partial charge >= 0.3 is 0 Å². The first-order valence-corrected chi connectivity index (χ1v) is 7.79. The van der Waals surface area contributed by atoms with Crippen molar-refractivity contribution in [3.63, 3.8) is 0 Å². The Morgan fingerprint density at radius 3 is 2.40 bits per heavy atom. The van der Waals surface area contributed by atoms with Gasteiger partial charge in [0, 0.05) is 12.1 Å². The molecule has 0 saturated heterocycles. The summed E-state index contributed by atoms with van der Waals surface area (Å²) in [6, 6.07) is 1.45. The Hall–Kier alpha value is 0.310. The molecule has 1 nitrogen and oxygen atoms in total. The van der Waals surface area contributed by atoms with Gasteiger partial charge in [0.05, 0.1) is 0 Å². The van der Waals surface area contributed by atoms with Crippen molar-refractivity contribution < 1.29 is 0 Å². The van der Waals surface area contributed by atoms with Crippen LogP contribution in [-0.2, 0) is 0 Å². The lowest BCUT2D eigenvalue weighted by molar-refractivity contribution is 0.194. The number of rotatable bonds is 5. The van der Waals surface area contributed by atoms with Gasteiger partial charge in [0.15, 0.2) is 0 Å². The Kier molecular flexibility index (Phi) is 6.06. The third-order valence-electron chi connectivity index (χ3n) is 3.78. The smallest absolute Gasteiger partial charge is 0.0121 e. The van der Waals surface area contributed by atoms with Crippen LogP contribution in [0.5, 0.6) is 0 Å². The maximum Gasteiger partial charge on any atom is 0.0121 e. The minimum absolute atomic E-state index is 0.686. The maximum absolute atomic E-state index is 3.84. The molecule has 3 atom stereocenters. The van der Waals surface area contributed by atoms with Crippen LogP contribution in [0.3, 0.4) is 0 Å². The first-order chi connectivity index (χ1) is 7.15. The Morgan fingerprint density at radius 1 is 1.27 bits per heavy atom. The second-order valence-corrected chi connectivity index (χ2v) is 6.25. The van der Waals surface area contributed by atoms with Gasteiger partial charge in [-0.25, -0.2) is 0 Å². The standard InChI is InChI=1S/C13H27NS/c1-10-6-5-7-11(2)13(10)14-12(3)8-9-15-4/h10-14H,5-9H2,1-4H3. The molecule has 0 radical (unpaired) electrons. The topological polar surface area (TPSA) is 12.0 Å². The summed E-state index contributed by atoms with van der Waals surface area (Å²) in [6.07, 6.45) is 7.75. The highest BCUT2D eigenvalue weighted by atomic mass is 32.2. The average molecular weight is 229 g/mol. The predicted octanol–water partition coefficient (Wildman–Crippen LogP) is 3.54. The van der Waals surface area contributed by atoms with Gasteiger partial charge in [0.25, 0.3) is 0 Å². The summed E-state index contributed by atoms with van der Waals surface area (Å²) in [7, 11) is 0. The van der Waals surface area contributed by atoms with E-state index >= 15 is 0 Å². The molecule has 0 amide bonds. The van der Waals surface area contributed by atoms with Crippen molar-refractivity contribution in [1.82, 2.24) is 5.32 Å². The molecule has 0 spiro atoms. The molecule has 3 unspecified atom stereocenters. The van der Waals surface area contributed by atoms with Crippen LogP contribution in [0.4, 0.5) is 0 Å². The SMILES string of the molecule is CSCCC(C)NC1C(C)CCCC1C. The van der Waals surface area contributed by atoms with Crippen LogP contribution >= 0.6 is 11.8 Å². The molecule has 1 rings (SSSR count). The van der Waals surface area contributed by atoms with Crippen LogP contribution in [-0.4, -0.2) is 24.1 Å². The largest absolute Gasteiger partial charge is 0.311 e. The minimum atomic E-state index is 0.686. The fraction of sp³-hybridized carbons (Fsp3) is 1.00. The monoisotopic (exact) mass is 229 g/mol. The quantitative estimate of drug-likeness (QED) is 0.774. The second-order valence-electron chi connectivity index (χ2n) is 5.26. The van der Waals surface area contributed by atoms with Crippen LogP contribution < -0.4 is 5.32 Å². The van der Waals surface area contributed by atoms with Crippen LogP contribution in [0.15, 0.2) is 0 Å². The molecule has 1 N–H and O–H groups in total. The lowest BCUT2D eigenvalue weighted by Crippen LogP contribution is -2.46. The lowest BCUT2D eigenvalue weighted by Gasteiger charge is -2.37. The van der Waals surface area contributed by atoms with Crippen molar-refractivity contribution in [2.24, 2.45) is 11.8 Å². The van der Waals surface area contributed by atoms with Crippen LogP contribution in [0, 0.1) is 11.8 Å². The van der Waals surface area contributed by atoms with Crippen molar-refractivity contribution in [1.29, 1.82) is 0 Å². The van der Waals surface area contributed by atoms with E-state index in [1.165, 1.54) is 31.4 Å². The highest BCUT2D eigenvalue weighted by molar-refractivity contribution is 7.98. The number of nitrogens with one attached hydrogen (secondary N) is 1. The highest BCUT2D eigenvalue weighted by Gasteiger charge is 2.28. The average Bonchev–Trinajstić information content (AvgIpc) is 2.21. The van der Waals surface area contributed by atoms with Gasteiger partial charge in [0.2, 0.25) is 0 Å². The van der Waals surface area contributed by atoms with E-state index in [-0.39, 0.29) is 0 Å². The number of hydrogen-bond acceptors (Lipinski definition) is 2. The van der Waals surface area contributed by atoms with Gasteiger partial charge in [-0.1, -0.05) is 20.3 Å². The van der Waals surface area contributed by atoms with Gasteiger partial charge in [-0.2, -0.15) is 11.8 Å². The molecule has 0 aromatic carbocycles. The van der Waals surface area contributed by atoms with E-state index in [0.717, 1.165) is 17.9 Å². The van der Waals surface area contributed by atoms with E-state index < -0.39 is 0 Å². The summed E-state index contributed by atoms with van der Waals surface area (Å²) in [5.74, 6) is 3.01. The Morgan fingerprint density at radius 2 is 1.87 bits per heavy atom. The molecule has 1 saturated carbocycles. The van der Waals surface area contributed by atoms with Crippen molar-refractivity contribution in [2.75, 3.05) is 12.0 Å². The summed E-state index contributed by atoms with van der Waals surface area (Å²) in [4.78, 5) is 0. The molecule has 1 aliphatic carbocycles. The summed E-state index contributed by atoms with van der Waals surface area (Å²) in [6.45, 7) is 7.16. The molecule has 0 aliphatic heterocycles. The van der Waals surface area contributed by atoms with E-state index in [2.05, 4.69) is 32.3 Å². The minimum Gasteiger partial charge on any atom is -0.311 e. The molecule has 90 valence electrons. The Labute approximate surface area is 99.8 Å². The second kappa shape index (κ2) is 6.80. The third kappa shape index (κ3) is 4.36. The van der Waals surface area contributed by atoms with Crippen molar-refractivity contribution in [2.45, 2.75) is 58.5 Å². The molecule has 0 heterocycles. The highest BCUT2D eigenvalue weighted by Crippen LogP contribution is 2.29. The van der Waals surface area contributed by atoms with Crippen molar-refractivity contribution >= 4 is 11.8 Å². The summed E-state index contributed by atoms with van der Waals surface area (Å²) >= 11 is 1.95. The molecular weight excluding hydrogens is 202 g/mol. The molecule has 0 bridgehead atoms. The van der Waals surface area contributed by atoms with Gasteiger partial charge in [0.1, 0.15) is 0 Å². The van der Waals surface area contributed by atoms with E-state index in [1.54, 1.807) is 0 Å². The lowest BCUT2D eigenvalue weighted by atomic mass is 9.78. The molecular formula is C13H27NS. The summed E-state index contributed by atoms with van der Waals surface area (Å²) in [5, 5.41) is 3.84. The Balaban J connectivity index is 2.33. The van der Waals surface area contributed by atoms with Crippen molar-refractivity contribution in [3.05, 3.63) is 0 Å². The first kappa shape index (κ1) is 13.4. The molecule has 15 heavy (non-hydrogen) atoms. The molecule has 1 fully saturated rings. The molecule has 0 aromatic rings. The van der Waals surface area contributed by atoms with Gasteiger partial charge < -0.3 is 5.32 Å². The van der Waals surface area contributed by atoms with Crippen LogP contribution in [0.1, 0.15) is 46.5 Å². The predicted molar refractivity (Wildman–Crippen MR) is 71.6 cm³/mol. The summed E-state index contributed by atoms with van der Waals surface area (Å²) in [5.41, 5.74) is 0. The fourth-order valence-corrected chi connectivity index (χ4v) is 3.31. The van der Waals surface area contributed by atoms with Gasteiger partial charge in [-0.05, 0) is 50.0 Å². The molecule has 0 aromatic heterocycles. The number of hydrogen-bond donors (Lipinski definition) is 1. The zero-order valence-corrected chi connectivity index (χ0v) is 11.6. The number of thioether (sulfide) groups is 1. The van der Waals surface area contributed by atoms with Crippen LogP contribution in [0.25, 0.3) is 0 Å². The van der Waals surface area contributed by atoms with E-state index in [9.17, 15) is 0 Å². The third-order valence-corrected chi connectivity index (χ3v) is 4.42. The van der Waals surface area contributed by atoms with Gasteiger partial charge in [-0.15, -0.1) is 0 Å². The van der Waals surface area contributed by atoms with E-state index in [1.807, 2.05) is 11.8 Å². The van der Waals surface area contributed by atoms with E-state index in [0.29, 0.717) is 6.04 Å². The Bertz CT molecular complexity index is 162. The fourth-order valence-electron chi connectivity index (χ4n) is 2.72. The summed E-state index contributed by atoms with van der Waals surface area (Å²) < 4.78 is 0. The zero-order chi connectivity index (χ0) is 11.3.